The maximum Gasteiger partial charge on any atom is 0.162 e. The van der Waals surface area contributed by atoms with E-state index in [1.807, 2.05) is 19.2 Å². The molecule has 0 saturated heterocycles. The average Bonchev–Trinajstić information content (AvgIpc) is 2.49. The minimum absolute atomic E-state index is 0.0393. The average molecular weight is 289 g/mol. The first kappa shape index (κ1) is 15.6. The first-order valence-corrected chi connectivity index (χ1v) is 7.23. The number of likely N-dealkylation sites (N-methyl/N-ethyl adjacent to an activating group) is 1. The van der Waals surface area contributed by atoms with Crippen LogP contribution in [0.25, 0.3) is 0 Å². The summed E-state index contributed by atoms with van der Waals surface area (Å²) in [6.45, 7) is 4.29. The molecule has 2 rings (SSSR count). The van der Waals surface area contributed by atoms with Crippen molar-refractivity contribution < 1.29 is 8.78 Å². The Labute approximate surface area is 125 Å². The Balaban J connectivity index is 2.21. The van der Waals surface area contributed by atoms with Gasteiger partial charge in [-0.05, 0) is 42.1 Å². The Bertz CT molecular complexity index is 591. The van der Waals surface area contributed by atoms with Crippen LogP contribution in [0.2, 0.25) is 0 Å². The van der Waals surface area contributed by atoms with Gasteiger partial charge in [-0.25, -0.2) is 8.78 Å². The molecule has 0 bridgehead atoms. The van der Waals surface area contributed by atoms with Crippen molar-refractivity contribution in [2.45, 2.75) is 32.2 Å². The summed E-state index contributed by atoms with van der Waals surface area (Å²) in [4.78, 5) is 0. The van der Waals surface area contributed by atoms with Gasteiger partial charge in [0.2, 0.25) is 0 Å². The molecule has 1 N–H and O–H groups in total. The molecule has 0 aliphatic heterocycles. The third kappa shape index (κ3) is 3.67. The van der Waals surface area contributed by atoms with Gasteiger partial charge in [0.05, 0.1) is 0 Å². The molecule has 0 radical (unpaired) electrons. The molecule has 0 spiro atoms. The molecule has 0 aliphatic rings. The number of benzene rings is 2. The molecule has 3 heteroatoms. The molecule has 2 aromatic rings. The highest BCUT2D eigenvalue weighted by molar-refractivity contribution is 5.29. The SMILES string of the molecule is CNC(Cc1cccc(F)c1F)c1ccc(C(C)C)cc1. The van der Waals surface area contributed by atoms with E-state index in [4.69, 9.17) is 0 Å². The van der Waals surface area contributed by atoms with Crippen molar-refractivity contribution in [3.8, 4) is 0 Å². The largest absolute Gasteiger partial charge is 0.313 e. The van der Waals surface area contributed by atoms with E-state index in [1.54, 1.807) is 12.1 Å². The summed E-state index contributed by atoms with van der Waals surface area (Å²) in [6, 6.07) is 12.6. The lowest BCUT2D eigenvalue weighted by atomic mass is 9.95. The van der Waals surface area contributed by atoms with Gasteiger partial charge in [0, 0.05) is 6.04 Å². The molecule has 0 aliphatic carbocycles. The Morgan fingerprint density at radius 2 is 1.57 bits per heavy atom. The smallest absolute Gasteiger partial charge is 0.162 e. The van der Waals surface area contributed by atoms with Gasteiger partial charge >= 0.3 is 0 Å². The molecular weight excluding hydrogens is 268 g/mol. The van der Waals surface area contributed by atoms with Crippen LogP contribution in [0.5, 0.6) is 0 Å². The second kappa shape index (κ2) is 6.81. The molecule has 2 aromatic carbocycles. The van der Waals surface area contributed by atoms with Crippen LogP contribution >= 0.6 is 0 Å². The first-order valence-electron chi connectivity index (χ1n) is 7.23. The van der Waals surface area contributed by atoms with Crippen molar-refractivity contribution in [2.24, 2.45) is 0 Å². The standard InChI is InChI=1S/C18H21F2N/c1-12(2)13-7-9-14(10-8-13)17(21-3)11-15-5-4-6-16(19)18(15)20/h4-10,12,17,21H,11H2,1-3H3. The predicted molar refractivity (Wildman–Crippen MR) is 82.4 cm³/mol. The molecule has 0 heterocycles. The van der Waals surface area contributed by atoms with Gasteiger partial charge in [-0.15, -0.1) is 0 Å². The molecule has 21 heavy (non-hydrogen) atoms. The Morgan fingerprint density at radius 1 is 0.952 bits per heavy atom. The van der Waals surface area contributed by atoms with Crippen LogP contribution in [-0.2, 0) is 6.42 Å². The van der Waals surface area contributed by atoms with Crippen LogP contribution in [-0.4, -0.2) is 7.05 Å². The third-order valence-corrected chi connectivity index (χ3v) is 3.81. The first-order chi connectivity index (χ1) is 10.0. The van der Waals surface area contributed by atoms with E-state index in [-0.39, 0.29) is 6.04 Å². The van der Waals surface area contributed by atoms with E-state index < -0.39 is 11.6 Å². The molecule has 112 valence electrons. The Morgan fingerprint density at radius 3 is 2.14 bits per heavy atom. The van der Waals surface area contributed by atoms with E-state index in [0.29, 0.717) is 17.9 Å². The van der Waals surface area contributed by atoms with Gasteiger partial charge < -0.3 is 5.32 Å². The molecule has 1 unspecified atom stereocenters. The maximum atomic E-state index is 13.8. The molecule has 0 fully saturated rings. The van der Waals surface area contributed by atoms with E-state index in [9.17, 15) is 8.78 Å². The molecule has 1 atom stereocenters. The van der Waals surface area contributed by atoms with Gasteiger partial charge in [-0.2, -0.15) is 0 Å². The van der Waals surface area contributed by atoms with Crippen molar-refractivity contribution in [1.29, 1.82) is 0 Å². The van der Waals surface area contributed by atoms with Crippen molar-refractivity contribution in [2.75, 3.05) is 7.05 Å². The van der Waals surface area contributed by atoms with Gasteiger partial charge in [-0.3, -0.25) is 0 Å². The minimum atomic E-state index is -0.794. The lowest BCUT2D eigenvalue weighted by molar-refractivity contribution is 0.487. The number of nitrogens with one attached hydrogen (secondary N) is 1. The highest BCUT2D eigenvalue weighted by Crippen LogP contribution is 2.23. The molecule has 0 amide bonds. The molecular formula is C18H21F2N. The van der Waals surface area contributed by atoms with Crippen LogP contribution in [0.4, 0.5) is 8.78 Å². The minimum Gasteiger partial charge on any atom is -0.313 e. The second-order valence-corrected chi connectivity index (χ2v) is 5.58. The highest BCUT2D eigenvalue weighted by Gasteiger charge is 2.15. The van der Waals surface area contributed by atoms with E-state index in [2.05, 4.69) is 31.3 Å². The fourth-order valence-electron chi connectivity index (χ4n) is 2.43. The monoisotopic (exact) mass is 289 g/mol. The summed E-state index contributed by atoms with van der Waals surface area (Å²) in [6.07, 6.45) is 0.418. The van der Waals surface area contributed by atoms with Crippen LogP contribution in [0.1, 0.15) is 42.5 Å². The van der Waals surface area contributed by atoms with Crippen molar-refractivity contribution in [3.05, 3.63) is 70.8 Å². The summed E-state index contributed by atoms with van der Waals surface area (Å²) in [7, 11) is 1.83. The normalized spacial score (nSPS) is 12.7. The van der Waals surface area contributed by atoms with Gasteiger partial charge in [-0.1, -0.05) is 50.2 Å². The summed E-state index contributed by atoms with van der Waals surface area (Å²) in [5.74, 6) is -1.07. The number of hydrogen-bond acceptors (Lipinski definition) is 1. The molecule has 0 saturated carbocycles. The quantitative estimate of drug-likeness (QED) is 0.848. The molecule has 1 nitrogen and oxygen atoms in total. The zero-order chi connectivity index (χ0) is 15.4. The van der Waals surface area contributed by atoms with E-state index in [0.717, 1.165) is 11.6 Å². The summed E-state index contributed by atoms with van der Waals surface area (Å²) >= 11 is 0. The van der Waals surface area contributed by atoms with Crippen molar-refractivity contribution >= 4 is 0 Å². The number of hydrogen-bond donors (Lipinski definition) is 1. The van der Waals surface area contributed by atoms with E-state index >= 15 is 0 Å². The lowest BCUT2D eigenvalue weighted by Gasteiger charge is -2.18. The lowest BCUT2D eigenvalue weighted by Crippen LogP contribution is -2.19. The predicted octanol–water partition coefficient (Wildman–Crippen LogP) is 4.59. The summed E-state index contributed by atoms with van der Waals surface area (Å²) < 4.78 is 27.1. The zero-order valence-electron chi connectivity index (χ0n) is 12.7. The van der Waals surface area contributed by atoms with Gasteiger partial charge in [0.15, 0.2) is 11.6 Å². The maximum absolute atomic E-state index is 13.8. The van der Waals surface area contributed by atoms with Crippen LogP contribution in [0.15, 0.2) is 42.5 Å². The number of rotatable bonds is 5. The van der Waals surface area contributed by atoms with Gasteiger partial charge in [0.1, 0.15) is 0 Å². The summed E-state index contributed by atoms with van der Waals surface area (Å²) in [5, 5.41) is 3.17. The van der Waals surface area contributed by atoms with Crippen molar-refractivity contribution in [3.63, 3.8) is 0 Å². The van der Waals surface area contributed by atoms with Crippen LogP contribution in [0.3, 0.4) is 0 Å². The van der Waals surface area contributed by atoms with E-state index in [1.165, 1.54) is 5.56 Å². The fraction of sp³-hybridized carbons (Fsp3) is 0.333. The molecule has 0 aromatic heterocycles. The highest BCUT2D eigenvalue weighted by atomic mass is 19.2. The van der Waals surface area contributed by atoms with Crippen LogP contribution in [0, 0.1) is 11.6 Å². The Kier molecular flexibility index (Phi) is 5.07. The topological polar surface area (TPSA) is 12.0 Å². The number of halogens is 2. The van der Waals surface area contributed by atoms with Crippen molar-refractivity contribution in [1.82, 2.24) is 5.32 Å². The third-order valence-electron chi connectivity index (χ3n) is 3.81. The van der Waals surface area contributed by atoms with Gasteiger partial charge in [0.25, 0.3) is 0 Å². The summed E-state index contributed by atoms with van der Waals surface area (Å²) in [5.41, 5.74) is 2.73. The second-order valence-electron chi connectivity index (χ2n) is 5.58. The Hall–Kier alpha value is -1.74. The zero-order valence-corrected chi connectivity index (χ0v) is 12.7. The fourth-order valence-corrected chi connectivity index (χ4v) is 2.43. The van der Waals surface area contributed by atoms with Crippen LogP contribution < -0.4 is 5.32 Å².